The summed E-state index contributed by atoms with van der Waals surface area (Å²) >= 11 is 5.77. The predicted molar refractivity (Wildman–Crippen MR) is 117 cm³/mol. The van der Waals surface area contributed by atoms with Gasteiger partial charge in [0.25, 0.3) is 11.8 Å². The largest absolute Gasteiger partial charge is 0.305 e. The number of nitrogens with zero attached hydrogens (tertiary/aromatic N) is 3. The number of carbonyl (C=O) groups is 2. The van der Waals surface area contributed by atoms with Crippen molar-refractivity contribution in [3.63, 3.8) is 0 Å². The Kier molecular flexibility index (Phi) is 7.89. The first-order valence-corrected chi connectivity index (χ1v) is 8.84. The molecule has 0 unspecified atom stereocenters. The number of aliphatic imine (C=N–C) groups is 1. The molecule has 2 amide bonds. The minimum absolute atomic E-state index is 0. The molecule has 0 spiro atoms. The van der Waals surface area contributed by atoms with Gasteiger partial charge in [-0.2, -0.15) is 5.10 Å². The lowest BCUT2D eigenvalue weighted by atomic mass is 10.1. The third kappa shape index (κ3) is 5.04. The number of aromatic nitrogens is 2. The van der Waals surface area contributed by atoms with Gasteiger partial charge >= 0.3 is 0 Å². The number of nitrogens with one attached hydrogen (secondary N) is 2. The molecule has 0 aliphatic carbocycles. The molecule has 13 heteroatoms. The molecule has 0 fully saturated rings. The van der Waals surface area contributed by atoms with Crippen LogP contribution in [0.1, 0.15) is 26.4 Å². The van der Waals surface area contributed by atoms with Gasteiger partial charge in [-0.1, -0.05) is 11.6 Å². The van der Waals surface area contributed by atoms with Gasteiger partial charge in [-0.05, 0) is 30.3 Å². The van der Waals surface area contributed by atoms with Crippen LogP contribution in [0.3, 0.4) is 0 Å². The SMILES string of the molecule is Cl.Cl.O=C(Nc1cc(C(=O)N2C=Nc3ccc(F)cc3C2)[nH]n1)c1cc(F)c(F)cc1Cl. The first kappa shape index (κ1) is 25.2. The summed E-state index contributed by atoms with van der Waals surface area (Å²) in [6, 6.07) is 6.67. The third-order valence-electron chi connectivity index (χ3n) is 4.28. The molecule has 1 aromatic heterocycles. The molecule has 0 saturated heterocycles. The Morgan fingerprint density at radius 2 is 1.78 bits per heavy atom. The lowest BCUT2D eigenvalue weighted by Crippen LogP contribution is -2.31. The number of benzene rings is 2. The lowest BCUT2D eigenvalue weighted by Gasteiger charge is -2.21. The molecular weight excluding hydrogens is 494 g/mol. The second-order valence-corrected chi connectivity index (χ2v) is 6.73. The standard InChI is InChI=1S/C19H11ClF3N5O2.2ClH/c20-12-5-14(23)13(22)4-11(12)18(29)25-17-6-16(26-27-17)19(30)28-7-9-3-10(21)1-2-15(9)24-8-28;;/h1-6,8H,7H2,(H2,25,26,27,29);2*1H. The predicted octanol–water partition coefficient (Wildman–Crippen LogP) is 4.89. The number of fused-ring (bicyclic) bond motifs is 1. The minimum atomic E-state index is -1.23. The fourth-order valence-corrected chi connectivity index (χ4v) is 3.05. The van der Waals surface area contributed by atoms with Gasteiger partial charge in [0.2, 0.25) is 0 Å². The van der Waals surface area contributed by atoms with E-state index in [9.17, 15) is 22.8 Å². The molecule has 2 aromatic carbocycles. The van der Waals surface area contributed by atoms with Gasteiger partial charge in [-0.15, -0.1) is 24.8 Å². The number of amides is 2. The van der Waals surface area contributed by atoms with Crippen molar-refractivity contribution >= 4 is 66.1 Å². The van der Waals surface area contributed by atoms with E-state index in [1.165, 1.54) is 35.5 Å². The van der Waals surface area contributed by atoms with E-state index >= 15 is 0 Å². The van der Waals surface area contributed by atoms with Crippen molar-refractivity contribution in [3.05, 3.63) is 75.7 Å². The highest BCUT2D eigenvalue weighted by Crippen LogP contribution is 2.26. The molecule has 2 heterocycles. The van der Waals surface area contributed by atoms with Crippen LogP contribution in [-0.2, 0) is 6.54 Å². The average molecular weight is 507 g/mol. The number of hydrogen-bond acceptors (Lipinski definition) is 4. The van der Waals surface area contributed by atoms with Crippen LogP contribution in [-0.4, -0.2) is 33.3 Å². The topological polar surface area (TPSA) is 90.5 Å². The number of H-pyrrole nitrogens is 1. The maximum absolute atomic E-state index is 13.4. The molecular formula is C19H13Cl3F3N5O2. The van der Waals surface area contributed by atoms with E-state index in [1.807, 2.05) is 0 Å². The van der Waals surface area contributed by atoms with E-state index in [2.05, 4.69) is 20.5 Å². The van der Waals surface area contributed by atoms with Crippen molar-refractivity contribution in [1.82, 2.24) is 15.1 Å². The van der Waals surface area contributed by atoms with Gasteiger partial charge in [-0.3, -0.25) is 19.6 Å². The van der Waals surface area contributed by atoms with Gasteiger partial charge in [0.15, 0.2) is 17.5 Å². The summed E-state index contributed by atoms with van der Waals surface area (Å²) in [7, 11) is 0. The summed E-state index contributed by atoms with van der Waals surface area (Å²) < 4.78 is 40.0. The number of carbonyl (C=O) groups excluding carboxylic acids is 2. The fourth-order valence-electron chi connectivity index (χ4n) is 2.82. The molecule has 1 aliphatic heterocycles. The average Bonchev–Trinajstić information content (AvgIpc) is 3.17. The van der Waals surface area contributed by atoms with Crippen molar-refractivity contribution in [2.24, 2.45) is 4.99 Å². The molecule has 1 aliphatic rings. The van der Waals surface area contributed by atoms with Crippen LogP contribution in [0.2, 0.25) is 5.02 Å². The van der Waals surface area contributed by atoms with Crippen LogP contribution in [0.15, 0.2) is 41.4 Å². The molecule has 0 saturated carbocycles. The highest BCUT2D eigenvalue weighted by atomic mass is 35.5. The zero-order valence-electron chi connectivity index (χ0n) is 15.7. The molecule has 0 atom stereocenters. The van der Waals surface area contributed by atoms with E-state index in [0.717, 1.165) is 0 Å². The van der Waals surface area contributed by atoms with Crippen LogP contribution in [0, 0.1) is 17.5 Å². The maximum atomic E-state index is 13.4. The van der Waals surface area contributed by atoms with E-state index in [1.54, 1.807) is 0 Å². The van der Waals surface area contributed by atoms with E-state index in [4.69, 9.17) is 11.6 Å². The van der Waals surface area contributed by atoms with Crippen molar-refractivity contribution in [2.45, 2.75) is 6.54 Å². The van der Waals surface area contributed by atoms with Crippen LogP contribution in [0.4, 0.5) is 24.7 Å². The van der Waals surface area contributed by atoms with Crippen LogP contribution >= 0.6 is 36.4 Å². The zero-order valence-corrected chi connectivity index (χ0v) is 18.1. The summed E-state index contributed by atoms with van der Waals surface area (Å²) in [6.07, 6.45) is 1.31. The van der Waals surface area contributed by atoms with Crippen molar-refractivity contribution < 1.29 is 22.8 Å². The number of aromatic amines is 1. The summed E-state index contributed by atoms with van der Waals surface area (Å²) in [6.45, 7) is 0.0978. The highest BCUT2D eigenvalue weighted by Gasteiger charge is 2.22. The van der Waals surface area contributed by atoms with E-state index < -0.39 is 29.3 Å². The second kappa shape index (κ2) is 10.0. The first-order chi connectivity index (χ1) is 14.3. The molecule has 168 valence electrons. The number of rotatable bonds is 3. The molecule has 32 heavy (non-hydrogen) atoms. The lowest BCUT2D eigenvalue weighted by molar-refractivity contribution is 0.0838. The monoisotopic (exact) mass is 505 g/mol. The Bertz CT molecular complexity index is 1220. The Morgan fingerprint density at radius 1 is 1.06 bits per heavy atom. The van der Waals surface area contributed by atoms with Gasteiger partial charge in [0.05, 0.1) is 29.2 Å². The molecule has 0 radical (unpaired) electrons. The quantitative estimate of drug-likeness (QED) is 0.496. The van der Waals surface area contributed by atoms with Crippen molar-refractivity contribution in [1.29, 1.82) is 0 Å². The number of halogens is 6. The second-order valence-electron chi connectivity index (χ2n) is 6.32. The summed E-state index contributed by atoms with van der Waals surface area (Å²) in [4.78, 5) is 30.3. The van der Waals surface area contributed by atoms with Gasteiger partial charge < -0.3 is 5.32 Å². The molecule has 7 nitrogen and oxygen atoms in total. The summed E-state index contributed by atoms with van der Waals surface area (Å²) in [5.74, 6) is -4.26. The Hall–Kier alpha value is -3.08. The van der Waals surface area contributed by atoms with Gasteiger partial charge in [-0.25, -0.2) is 18.2 Å². The third-order valence-corrected chi connectivity index (χ3v) is 4.60. The highest BCUT2D eigenvalue weighted by molar-refractivity contribution is 6.34. The van der Waals surface area contributed by atoms with E-state index in [-0.39, 0.29) is 53.5 Å². The van der Waals surface area contributed by atoms with Crippen LogP contribution < -0.4 is 5.32 Å². The maximum Gasteiger partial charge on any atom is 0.277 e. The Morgan fingerprint density at radius 3 is 2.53 bits per heavy atom. The minimum Gasteiger partial charge on any atom is -0.305 e. The zero-order chi connectivity index (χ0) is 21.4. The van der Waals surface area contributed by atoms with Crippen molar-refractivity contribution in [2.75, 3.05) is 5.32 Å². The first-order valence-electron chi connectivity index (χ1n) is 8.46. The van der Waals surface area contributed by atoms with E-state index in [0.29, 0.717) is 23.4 Å². The molecule has 3 aromatic rings. The molecule has 2 N–H and O–H groups in total. The number of anilines is 1. The molecule has 4 rings (SSSR count). The molecule has 0 bridgehead atoms. The number of hydrogen-bond donors (Lipinski definition) is 2. The van der Waals surface area contributed by atoms with Crippen molar-refractivity contribution in [3.8, 4) is 0 Å². The van der Waals surface area contributed by atoms with Crippen LogP contribution in [0.25, 0.3) is 0 Å². The smallest absolute Gasteiger partial charge is 0.277 e. The fraction of sp³-hybridized carbons (Fsp3) is 0.0526. The summed E-state index contributed by atoms with van der Waals surface area (Å²) in [5, 5.41) is 8.33. The normalized spacial score (nSPS) is 11.8. The van der Waals surface area contributed by atoms with Gasteiger partial charge in [0, 0.05) is 11.6 Å². The summed E-state index contributed by atoms with van der Waals surface area (Å²) in [5.41, 5.74) is 0.814. The Labute approximate surface area is 196 Å². The Balaban J connectivity index is 0.00000181. The van der Waals surface area contributed by atoms with Gasteiger partial charge in [0.1, 0.15) is 11.5 Å². The van der Waals surface area contributed by atoms with Crippen LogP contribution in [0.5, 0.6) is 0 Å².